The number of hydrogen-bond acceptors (Lipinski definition) is 2. The molecular weight excluding hydrogens is 230 g/mol. The van der Waals surface area contributed by atoms with Gasteiger partial charge in [-0.25, -0.2) is 0 Å². The first-order valence-electron chi connectivity index (χ1n) is 6.88. The van der Waals surface area contributed by atoms with Crippen LogP contribution in [-0.4, -0.2) is 34.9 Å². The van der Waals surface area contributed by atoms with E-state index in [0.717, 1.165) is 25.8 Å². The zero-order valence-corrected chi connectivity index (χ0v) is 14.1. The van der Waals surface area contributed by atoms with Crippen molar-refractivity contribution in [1.82, 2.24) is 5.32 Å². The molecule has 1 amide bonds. The predicted octanol–water partition coefficient (Wildman–Crippen LogP) is 1.51. The summed E-state index contributed by atoms with van der Waals surface area (Å²) in [4.78, 5) is 12.0. The number of carbonyl (C=O) groups excluding carboxylic acids is 1. The molecule has 0 saturated carbocycles. The van der Waals surface area contributed by atoms with E-state index in [-0.39, 0.29) is 5.91 Å². The second-order valence-electron chi connectivity index (χ2n) is 5.22. The zero-order chi connectivity index (χ0) is 13.3. The summed E-state index contributed by atoms with van der Waals surface area (Å²) >= 11 is 0. The fourth-order valence-corrected chi connectivity index (χ4v) is 1.77. The smallest absolute Gasteiger partial charge is 0.251 e. The summed E-state index contributed by atoms with van der Waals surface area (Å²) in [6.45, 7) is 9.67. The van der Waals surface area contributed by atoms with Crippen molar-refractivity contribution < 1.29 is 9.53 Å². The van der Waals surface area contributed by atoms with E-state index in [1.165, 1.54) is 16.3 Å². The van der Waals surface area contributed by atoms with Crippen LogP contribution in [0, 0.1) is 5.92 Å². The third-order valence-electron chi connectivity index (χ3n) is 3.09. The lowest BCUT2D eigenvalue weighted by atomic mass is 10.0. The highest BCUT2D eigenvalue weighted by Gasteiger charge is 2.31. The van der Waals surface area contributed by atoms with Gasteiger partial charge < -0.3 is 10.1 Å². The van der Waals surface area contributed by atoms with Crippen LogP contribution in [0.25, 0.3) is 0 Å². The lowest BCUT2D eigenvalue weighted by Gasteiger charge is -2.27. The average molecular weight is 259 g/mol. The Morgan fingerprint density at radius 1 is 1.47 bits per heavy atom. The molecule has 102 valence electrons. The van der Waals surface area contributed by atoms with Crippen molar-refractivity contribution in [1.29, 1.82) is 0 Å². The lowest BCUT2D eigenvalue weighted by molar-refractivity contribution is -0.145. The van der Waals surface area contributed by atoms with Crippen LogP contribution in [0.1, 0.15) is 47.0 Å². The molecule has 0 radical (unpaired) electrons. The van der Waals surface area contributed by atoms with Crippen LogP contribution in [0.5, 0.6) is 0 Å². The molecule has 0 rings (SSSR count). The fraction of sp³-hybridized carbons (Fsp3) is 0.923. The van der Waals surface area contributed by atoms with Crippen LogP contribution in [0.2, 0.25) is 6.04 Å². The standard InChI is InChI=1S/C13H29NO2Si/c1-5-13(4,16-9-7-11(2)3)12(15)14-8-6-10-17/h11H,5-10H2,1-4,17H3,(H,14,15). The SMILES string of the molecule is CCC(C)(OCCC(C)C)C(=O)NCCC[SiH3]. The normalized spacial score (nSPS) is 14.9. The highest BCUT2D eigenvalue weighted by molar-refractivity contribution is 6.08. The predicted molar refractivity (Wildman–Crippen MR) is 76.5 cm³/mol. The molecule has 0 heterocycles. The van der Waals surface area contributed by atoms with Gasteiger partial charge in [-0.1, -0.05) is 26.8 Å². The maximum absolute atomic E-state index is 12.0. The Labute approximate surface area is 109 Å². The molecular formula is C13H29NO2Si. The number of carbonyl (C=O) groups is 1. The molecule has 17 heavy (non-hydrogen) atoms. The van der Waals surface area contributed by atoms with Crippen LogP contribution in [0.3, 0.4) is 0 Å². The monoisotopic (exact) mass is 259 g/mol. The second kappa shape index (κ2) is 8.70. The summed E-state index contributed by atoms with van der Waals surface area (Å²) in [5.74, 6) is 0.656. The van der Waals surface area contributed by atoms with Crippen LogP contribution >= 0.6 is 0 Å². The van der Waals surface area contributed by atoms with Crippen molar-refractivity contribution in [3.8, 4) is 0 Å². The molecule has 0 aliphatic rings. The van der Waals surface area contributed by atoms with Gasteiger partial charge in [-0.05, 0) is 32.1 Å². The van der Waals surface area contributed by atoms with Gasteiger partial charge in [0.05, 0.1) is 0 Å². The largest absolute Gasteiger partial charge is 0.365 e. The first-order valence-corrected chi connectivity index (χ1v) is 8.30. The Hall–Kier alpha value is -0.353. The zero-order valence-electron chi connectivity index (χ0n) is 12.1. The number of hydrogen-bond donors (Lipinski definition) is 1. The quantitative estimate of drug-likeness (QED) is 0.503. The van der Waals surface area contributed by atoms with E-state index >= 15 is 0 Å². The lowest BCUT2D eigenvalue weighted by Crippen LogP contribution is -2.46. The minimum absolute atomic E-state index is 0.0406. The van der Waals surface area contributed by atoms with Crippen molar-refractivity contribution in [2.24, 2.45) is 5.92 Å². The second-order valence-corrected chi connectivity index (χ2v) is 6.22. The molecule has 0 bridgehead atoms. The van der Waals surface area contributed by atoms with Gasteiger partial charge in [0.2, 0.25) is 0 Å². The molecule has 0 spiro atoms. The average Bonchev–Trinajstić information content (AvgIpc) is 2.28. The Kier molecular flexibility index (Phi) is 8.52. The number of ether oxygens (including phenoxy) is 1. The number of nitrogens with one attached hydrogen (secondary N) is 1. The minimum atomic E-state index is -0.653. The van der Waals surface area contributed by atoms with Gasteiger partial charge in [-0.3, -0.25) is 4.79 Å². The van der Waals surface area contributed by atoms with Gasteiger partial charge in [0, 0.05) is 23.4 Å². The Balaban J connectivity index is 4.10. The van der Waals surface area contributed by atoms with Crippen LogP contribution in [-0.2, 0) is 9.53 Å². The molecule has 0 aliphatic carbocycles. The summed E-state index contributed by atoms with van der Waals surface area (Å²) in [7, 11) is 1.21. The topological polar surface area (TPSA) is 38.3 Å². The Bertz CT molecular complexity index is 221. The maximum atomic E-state index is 12.0. The third kappa shape index (κ3) is 6.84. The van der Waals surface area contributed by atoms with E-state index in [0.29, 0.717) is 12.5 Å². The third-order valence-corrected chi connectivity index (χ3v) is 3.79. The Morgan fingerprint density at radius 3 is 2.59 bits per heavy atom. The summed E-state index contributed by atoms with van der Waals surface area (Å²) < 4.78 is 5.78. The molecule has 0 aromatic carbocycles. The molecule has 3 nitrogen and oxygen atoms in total. The minimum Gasteiger partial charge on any atom is -0.365 e. The van der Waals surface area contributed by atoms with Gasteiger partial charge in [-0.15, -0.1) is 0 Å². The fourth-order valence-electron chi connectivity index (χ4n) is 1.41. The molecule has 0 aliphatic heterocycles. The highest BCUT2D eigenvalue weighted by atomic mass is 28.1. The van der Waals surface area contributed by atoms with E-state index in [4.69, 9.17) is 4.74 Å². The van der Waals surface area contributed by atoms with E-state index in [1.54, 1.807) is 0 Å². The van der Waals surface area contributed by atoms with Gasteiger partial charge in [0.25, 0.3) is 5.91 Å². The Morgan fingerprint density at radius 2 is 2.12 bits per heavy atom. The highest BCUT2D eigenvalue weighted by Crippen LogP contribution is 2.17. The maximum Gasteiger partial charge on any atom is 0.251 e. The van der Waals surface area contributed by atoms with Crippen molar-refractivity contribution >= 4 is 16.1 Å². The summed E-state index contributed by atoms with van der Waals surface area (Å²) in [6, 6.07) is 1.23. The molecule has 1 N–H and O–H groups in total. The van der Waals surface area contributed by atoms with Crippen molar-refractivity contribution in [2.75, 3.05) is 13.2 Å². The first-order chi connectivity index (χ1) is 7.96. The van der Waals surface area contributed by atoms with E-state index in [2.05, 4.69) is 19.2 Å². The van der Waals surface area contributed by atoms with Gasteiger partial charge in [-0.2, -0.15) is 0 Å². The van der Waals surface area contributed by atoms with Gasteiger partial charge in [0.15, 0.2) is 0 Å². The molecule has 4 heteroatoms. The summed E-state index contributed by atoms with van der Waals surface area (Å²) in [5, 5.41) is 2.97. The first kappa shape index (κ1) is 16.6. The molecule has 0 saturated heterocycles. The van der Waals surface area contributed by atoms with E-state index < -0.39 is 5.60 Å². The molecule has 0 aromatic heterocycles. The van der Waals surface area contributed by atoms with Crippen molar-refractivity contribution in [3.63, 3.8) is 0 Å². The van der Waals surface area contributed by atoms with E-state index in [1.807, 2.05) is 13.8 Å². The van der Waals surface area contributed by atoms with Crippen molar-refractivity contribution in [2.45, 2.75) is 58.6 Å². The van der Waals surface area contributed by atoms with Crippen LogP contribution in [0.4, 0.5) is 0 Å². The van der Waals surface area contributed by atoms with Gasteiger partial charge in [0.1, 0.15) is 5.60 Å². The van der Waals surface area contributed by atoms with Crippen molar-refractivity contribution in [3.05, 3.63) is 0 Å². The summed E-state index contributed by atoms with van der Waals surface area (Å²) in [6.07, 6.45) is 2.81. The number of amides is 1. The van der Waals surface area contributed by atoms with E-state index in [9.17, 15) is 4.79 Å². The molecule has 0 aromatic rings. The van der Waals surface area contributed by atoms with Crippen LogP contribution < -0.4 is 5.32 Å². The van der Waals surface area contributed by atoms with Gasteiger partial charge >= 0.3 is 0 Å². The molecule has 1 atom stereocenters. The molecule has 0 fully saturated rings. The number of rotatable bonds is 9. The molecule has 1 unspecified atom stereocenters. The van der Waals surface area contributed by atoms with Crippen LogP contribution in [0.15, 0.2) is 0 Å². The summed E-state index contributed by atoms with van der Waals surface area (Å²) in [5.41, 5.74) is -0.653.